The predicted octanol–water partition coefficient (Wildman–Crippen LogP) is 2.41. The lowest BCUT2D eigenvalue weighted by atomic mass is 9.93. The lowest BCUT2D eigenvalue weighted by Gasteiger charge is -2.32. The molecule has 2 aliphatic heterocycles. The van der Waals surface area contributed by atoms with Crippen LogP contribution in [0.4, 0.5) is 0 Å². The maximum Gasteiger partial charge on any atom is 0.222 e. The van der Waals surface area contributed by atoms with Crippen LogP contribution in [0.5, 0.6) is 5.75 Å². The van der Waals surface area contributed by atoms with Gasteiger partial charge < -0.3 is 15.4 Å². The van der Waals surface area contributed by atoms with Crippen LogP contribution in [-0.4, -0.2) is 29.5 Å². The number of carbonyl (C=O) groups is 1. The Hall–Kier alpha value is -1.55. The molecule has 2 atom stereocenters. The zero-order chi connectivity index (χ0) is 15.2. The van der Waals surface area contributed by atoms with Gasteiger partial charge in [0.15, 0.2) is 0 Å². The van der Waals surface area contributed by atoms with Gasteiger partial charge in [-0.15, -0.1) is 0 Å². The Bertz CT molecular complexity index is 568. The molecule has 0 aliphatic carbocycles. The fraction of sp³-hybridized carbons (Fsp3) is 0.588. The molecule has 2 aliphatic rings. The molecule has 3 rings (SSSR count). The summed E-state index contributed by atoms with van der Waals surface area (Å²) in [4.78, 5) is 14.0. The lowest BCUT2D eigenvalue weighted by molar-refractivity contribution is -0.131. The summed E-state index contributed by atoms with van der Waals surface area (Å²) in [6.45, 7) is 4.19. The number of nitrogens with zero attached hydrogens (tertiary/aromatic N) is 1. The average molecular weight is 288 g/mol. The Morgan fingerprint density at radius 1 is 1.38 bits per heavy atom. The first-order valence-electron chi connectivity index (χ1n) is 7.71. The molecular weight excluding hydrogens is 264 g/mol. The van der Waals surface area contributed by atoms with Gasteiger partial charge in [0.1, 0.15) is 11.4 Å². The quantitative estimate of drug-likeness (QED) is 0.863. The van der Waals surface area contributed by atoms with Gasteiger partial charge in [-0.3, -0.25) is 4.79 Å². The number of ether oxygens (including phenoxy) is 1. The van der Waals surface area contributed by atoms with Crippen molar-refractivity contribution in [2.75, 3.05) is 7.05 Å². The Morgan fingerprint density at radius 3 is 2.90 bits per heavy atom. The number of amides is 1. The standard InChI is InChI=1S/C17H24N2O2/c1-17(2)10-11-6-4-7-12(16(11)21-17)15-13(18)8-5-9-14(20)19(15)3/h4,6-7,13,15H,5,8-10,18H2,1-3H3. The SMILES string of the molecule is CN1C(=O)CCCC(N)C1c1cccc2c1OC(C)(C)C2. The molecule has 1 amide bonds. The van der Waals surface area contributed by atoms with E-state index < -0.39 is 0 Å². The number of hydrogen-bond donors (Lipinski definition) is 1. The Balaban J connectivity index is 2.04. The van der Waals surface area contributed by atoms with Crippen LogP contribution in [-0.2, 0) is 11.2 Å². The first-order valence-corrected chi connectivity index (χ1v) is 7.71. The fourth-order valence-corrected chi connectivity index (χ4v) is 3.58. The van der Waals surface area contributed by atoms with Crippen LogP contribution < -0.4 is 10.5 Å². The van der Waals surface area contributed by atoms with Gasteiger partial charge in [-0.2, -0.15) is 0 Å². The normalized spacial score (nSPS) is 28.0. The zero-order valence-electron chi connectivity index (χ0n) is 13.1. The summed E-state index contributed by atoms with van der Waals surface area (Å²) in [5, 5.41) is 0. The van der Waals surface area contributed by atoms with Gasteiger partial charge in [-0.25, -0.2) is 0 Å². The molecule has 0 radical (unpaired) electrons. The van der Waals surface area contributed by atoms with Gasteiger partial charge in [0.25, 0.3) is 0 Å². The summed E-state index contributed by atoms with van der Waals surface area (Å²) in [5.41, 5.74) is 8.47. The van der Waals surface area contributed by atoms with E-state index in [-0.39, 0.29) is 23.6 Å². The number of carbonyl (C=O) groups excluding carboxylic acids is 1. The van der Waals surface area contributed by atoms with E-state index in [0.29, 0.717) is 6.42 Å². The molecule has 2 unspecified atom stereocenters. The summed E-state index contributed by atoms with van der Waals surface area (Å²) < 4.78 is 6.16. The first-order chi connectivity index (χ1) is 9.89. The van der Waals surface area contributed by atoms with Gasteiger partial charge in [0, 0.05) is 31.5 Å². The van der Waals surface area contributed by atoms with E-state index in [4.69, 9.17) is 10.5 Å². The number of likely N-dealkylation sites (N-methyl/N-ethyl adjacent to an activating group) is 1. The highest BCUT2D eigenvalue weighted by Crippen LogP contribution is 2.43. The topological polar surface area (TPSA) is 55.6 Å². The van der Waals surface area contributed by atoms with Crippen molar-refractivity contribution >= 4 is 5.91 Å². The second-order valence-corrected chi connectivity index (χ2v) is 6.88. The van der Waals surface area contributed by atoms with Crippen molar-refractivity contribution in [2.24, 2.45) is 5.73 Å². The number of fused-ring (bicyclic) bond motifs is 1. The molecule has 1 fully saturated rings. The molecule has 1 saturated heterocycles. The van der Waals surface area contributed by atoms with Gasteiger partial charge >= 0.3 is 0 Å². The highest BCUT2D eigenvalue weighted by molar-refractivity contribution is 5.77. The Morgan fingerprint density at radius 2 is 2.14 bits per heavy atom. The zero-order valence-corrected chi connectivity index (χ0v) is 13.1. The van der Waals surface area contributed by atoms with Crippen molar-refractivity contribution in [3.63, 3.8) is 0 Å². The van der Waals surface area contributed by atoms with E-state index in [2.05, 4.69) is 32.0 Å². The van der Waals surface area contributed by atoms with E-state index in [0.717, 1.165) is 30.6 Å². The van der Waals surface area contributed by atoms with Gasteiger partial charge in [-0.05, 0) is 32.3 Å². The van der Waals surface area contributed by atoms with Crippen molar-refractivity contribution < 1.29 is 9.53 Å². The summed E-state index contributed by atoms with van der Waals surface area (Å²) in [5.74, 6) is 1.10. The summed E-state index contributed by atoms with van der Waals surface area (Å²) >= 11 is 0. The second kappa shape index (κ2) is 5.02. The van der Waals surface area contributed by atoms with Crippen molar-refractivity contribution in [1.29, 1.82) is 0 Å². The number of nitrogens with two attached hydrogens (primary N) is 1. The van der Waals surface area contributed by atoms with Crippen LogP contribution in [0.15, 0.2) is 18.2 Å². The van der Waals surface area contributed by atoms with Crippen LogP contribution in [0.1, 0.15) is 50.3 Å². The Labute approximate surface area is 126 Å². The van der Waals surface area contributed by atoms with Gasteiger partial charge in [0.05, 0.1) is 6.04 Å². The van der Waals surface area contributed by atoms with Crippen LogP contribution in [0, 0.1) is 0 Å². The molecule has 2 N–H and O–H groups in total. The van der Waals surface area contributed by atoms with Crippen LogP contribution in [0.25, 0.3) is 0 Å². The maximum absolute atomic E-state index is 12.2. The number of rotatable bonds is 1. The minimum absolute atomic E-state index is 0.0414. The molecular formula is C17H24N2O2. The van der Waals surface area contributed by atoms with Gasteiger partial charge in [-0.1, -0.05) is 18.2 Å². The lowest BCUT2D eigenvalue weighted by Crippen LogP contribution is -2.40. The summed E-state index contributed by atoms with van der Waals surface area (Å²) in [7, 11) is 1.86. The molecule has 1 aromatic rings. The minimum atomic E-state index is -0.185. The van der Waals surface area contributed by atoms with E-state index in [1.165, 1.54) is 5.56 Å². The summed E-state index contributed by atoms with van der Waals surface area (Å²) in [6.07, 6.45) is 3.22. The molecule has 1 aromatic carbocycles. The number of hydrogen-bond acceptors (Lipinski definition) is 3. The van der Waals surface area contributed by atoms with Gasteiger partial charge in [0.2, 0.25) is 5.91 Å². The van der Waals surface area contributed by atoms with Crippen LogP contribution >= 0.6 is 0 Å². The first kappa shape index (κ1) is 14.4. The van der Waals surface area contributed by atoms with E-state index >= 15 is 0 Å². The number of para-hydroxylation sites is 1. The van der Waals surface area contributed by atoms with E-state index in [1.54, 1.807) is 0 Å². The smallest absolute Gasteiger partial charge is 0.222 e. The second-order valence-electron chi connectivity index (χ2n) is 6.88. The van der Waals surface area contributed by atoms with Crippen molar-refractivity contribution in [1.82, 2.24) is 4.90 Å². The largest absolute Gasteiger partial charge is 0.487 e. The molecule has 114 valence electrons. The van der Waals surface area contributed by atoms with E-state index in [1.807, 2.05) is 11.9 Å². The molecule has 4 nitrogen and oxygen atoms in total. The van der Waals surface area contributed by atoms with Crippen LogP contribution in [0.2, 0.25) is 0 Å². The molecule has 0 spiro atoms. The fourth-order valence-electron chi connectivity index (χ4n) is 3.58. The molecule has 2 heterocycles. The highest BCUT2D eigenvalue weighted by atomic mass is 16.5. The third-order valence-electron chi connectivity index (χ3n) is 4.58. The summed E-state index contributed by atoms with van der Waals surface area (Å²) in [6, 6.07) is 6.08. The number of benzene rings is 1. The van der Waals surface area contributed by atoms with Crippen molar-refractivity contribution in [3.8, 4) is 5.75 Å². The maximum atomic E-state index is 12.2. The monoisotopic (exact) mass is 288 g/mol. The van der Waals surface area contributed by atoms with Crippen LogP contribution in [0.3, 0.4) is 0 Å². The Kier molecular flexibility index (Phi) is 3.44. The van der Waals surface area contributed by atoms with E-state index in [9.17, 15) is 4.79 Å². The molecule has 21 heavy (non-hydrogen) atoms. The predicted molar refractivity (Wildman–Crippen MR) is 82.2 cm³/mol. The van der Waals surface area contributed by atoms with Crippen molar-refractivity contribution in [2.45, 2.75) is 57.2 Å². The molecule has 0 bridgehead atoms. The molecule has 4 heteroatoms. The molecule has 0 saturated carbocycles. The average Bonchev–Trinajstić information content (AvgIpc) is 2.67. The van der Waals surface area contributed by atoms with Crippen molar-refractivity contribution in [3.05, 3.63) is 29.3 Å². The third-order valence-corrected chi connectivity index (χ3v) is 4.58. The minimum Gasteiger partial charge on any atom is -0.487 e. The number of likely N-dealkylation sites (tertiary alicyclic amines) is 1. The molecule has 0 aromatic heterocycles. The highest BCUT2D eigenvalue weighted by Gasteiger charge is 2.37. The third kappa shape index (κ3) is 2.53.